The summed E-state index contributed by atoms with van der Waals surface area (Å²) in [5, 5.41) is 3.66. The molecule has 0 fully saturated rings. The van der Waals surface area contributed by atoms with E-state index in [-0.39, 0.29) is 11.9 Å². The Balaban J connectivity index is 1.77. The van der Waals surface area contributed by atoms with Gasteiger partial charge in [0.2, 0.25) is 5.91 Å². The Morgan fingerprint density at radius 1 is 1.18 bits per heavy atom. The van der Waals surface area contributed by atoms with Crippen LogP contribution in [-0.4, -0.2) is 18.5 Å². The van der Waals surface area contributed by atoms with E-state index >= 15 is 0 Å². The minimum Gasteiger partial charge on any atom is -0.359 e. The van der Waals surface area contributed by atoms with E-state index in [4.69, 9.17) is 23.2 Å². The first kappa shape index (κ1) is 15.2. The van der Waals surface area contributed by atoms with Gasteiger partial charge < -0.3 is 10.2 Å². The highest BCUT2D eigenvalue weighted by molar-refractivity contribution is 6.44. The zero-order valence-corrected chi connectivity index (χ0v) is 13.7. The Morgan fingerprint density at radius 2 is 1.95 bits per heavy atom. The number of para-hydroxylation sites is 1. The van der Waals surface area contributed by atoms with Crippen molar-refractivity contribution in [3.8, 4) is 0 Å². The van der Waals surface area contributed by atoms with Crippen molar-refractivity contribution in [2.75, 3.05) is 16.8 Å². The number of carbonyl (C=O) groups excluding carboxylic acids is 1. The molecule has 114 valence electrons. The summed E-state index contributed by atoms with van der Waals surface area (Å²) in [4.78, 5) is 14.6. The third-order valence-corrected chi connectivity index (χ3v) is 4.80. The highest BCUT2D eigenvalue weighted by atomic mass is 35.5. The maximum absolute atomic E-state index is 12.5. The number of anilines is 2. The lowest BCUT2D eigenvalue weighted by molar-refractivity contribution is -0.117. The van der Waals surface area contributed by atoms with E-state index in [1.807, 2.05) is 19.1 Å². The molecule has 3 rings (SSSR count). The maximum atomic E-state index is 12.5. The van der Waals surface area contributed by atoms with Crippen LogP contribution in [0.1, 0.15) is 12.5 Å². The predicted octanol–water partition coefficient (Wildman–Crippen LogP) is 4.38. The number of nitrogens with one attached hydrogen (secondary N) is 1. The van der Waals surface area contributed by atoms with Gasteiger partial charge in [-0.3, -0.25) is 4.79 Å². The second-order valence-electron chi connectivity index (χ2n) is 5.34. The zero-order chi connectivity index (χ0) is 15.7. The highest BCUT2D eigenvalue weighted by Gasteiger charge is 2.27. The van der Waals surface area contributed by atoms with Crippen LogP contribution in [0.2, 0.25) is 10.0 Å². The molecule has 2 aromatic carbocycles. The molecule has 2 aromatic rings. The van der Waals surface area contributed by atoms with Crippen LogP contribution >= 0.6 is 23.2 Å². The van der Waals surface area contributed by atoms with Crippen LogP contribution in [0.25, 0.3) is 0 Å². The Kier molecular flexibility index (Phi) is 4.27. The van der Waals surface area contributed by atoms with Crippen molar-refractivity contribution >= 4 is 40.5 Å². The highest BCUT2D eigenvalue weighted by Crippen LogP contribution is 2.31. The van der Waals surface area contributed by atoms with Crippen molar-refractivity contribution in [3.05, 3.63) is 58.1 Å². The first-order chi connectivity index (χ1) is 10.6. The molecule has 0 saturated carbocycles. The summed E-state index contributed by atoms with van der Waals surface area (Å²) in [7, 11) is 0. The summed E-state index contributed by atoms with van der Waals surface area (Å²) in [6, 6.07) is 13.1. The fraction of sp³-hybridized carbons (Fsp3) is 0.235. The summed E-state index contributed by atoms with van der Waals surface area (Å²) >= 11 is 12.1. The number of amides is 1. The van der Waals surface area contributed by atoms with Crippen LogP contribution < -0.4 is 10.2 Å². The van der Waals surface area contributed by atoms with Gasteiger partial charge in [0.25, 0.3) is 0 Å². The predicted molar refractivity (Wildman–Crippen MR) is 92.0 cm³/mol. The van der Waals surface area contributed by atoms with Gasteiger partial charge in [-0.2, -0.15) is 0 Å². The summed E-state index contributed by atoms with van der Waals surface area (Å²) < 4.78 is 0. The monoisotopic (exact) mass is 334 g/mol. The van der Waals surface area contributed by atoms with E-state index in [9.17, 15) is 4.79 Å². The van der Waals surface area contributed by atoms with Crippen molar-refractivity contribution in [2.45, 2.75) is 19.4 Å². The lowest BCUT2D eigenvalue weighted by Gasteiger charge is -2.26. The Bertz CT molecular complexity index is 718. The van der Waals surface area contributed by atoms with E-state index in [0.717, 1.165) is 18.7 Å². The summed E-state index contributed by atoms with van der Waals surface area (Å²) in [5.74, 6) is -0.0964. The van der Waals surface area contributed by atoms with Crippen LogP contribution in [-0.2, 0) is 11.2 Å². The van der Waals surface area contributed by atoms with Gasteiger partial charge in [-0.05, 0) is 37.1 Å². The Hall–Kier alpha value is -1.71. The molecule has 1 N–H and O–H groups in total. The number of hydrogen-bond acceptors (Lipinski definition) is 2. The van der Waals surface area contributed by atoms with E-state index in [0.29, 0.717) is 15.7 Å². The smallest absolute Gasteiger partial charge is 0.246 e. The van der Waals surface area contributed by atoms with Crippen molar-refractivity contribution in [2.24, 2.45) is 0 Å². The molecule has 1 heterocycles. The first-order valence-corrected chi connectivity index (χ1v) is 7.93. The quantitative estimate of drug-likeness (QED) is 0.903. The molecule has 0 spiro atoms. The second-order valence-corrected chi connectivity index (χ2v) is 6.12. The van der Waals surface area contributed by atoms with Crippen molar-refractivity contribution in [3.63, 3.8) is 0 Å². The fourth-order valence-corrected chi connectivity index (χ4v) is 3.09. The van der Waals surface area contributed by atoms with Crippen molar-refractivity contribution in [1.29, 1.82) is 0 Å². The minimum atomic E-state index is -0.279. The molecule has 1 aliphatic rings. The third-order valence-electron chi connectivity index (χ3n) is 3.98. The van der Waals surface area contributed by atoms with E-state index < -0.39 is 0 Å². The molecule has 0 radical (unpaired) electrons. The summed E-state index contributed by atoms with van der Waals surface area (Å²) in [5.41, 5.74) is 2.95. The first-order valence-electron chi connectivity index (χ1n) is 7.17. The molecule has 0 aliphatic carbocycles. The maximum Gasteiger partial charge on any atom is 0.246 e. The summed E-state index contributed by atoms with van der Waals surface area (Å²) in [6.07, 6.45) is 0.964. The molecular formula is C17H16Cl2N2O. The third kappa shape index (κ3) is 2.79. The van der Waals surface area contributed by atoms with Gasteiger partial charge in [0.15, 0.2) is 0 Å². The average Bonchev–Trinajstić information content (AvgIpc) is 2.95. The van der Waals surface area contributed by atoms with Crippen LogP contribution in [0.4, 0.5) is 11.4 Å². The minimum absolute atomic E-state index is 0.0964. The number of benzene rings is 2. The summed E-state index contributed by atoms with van der Waals surface area (Å²) in [6.45, 7) is 2.74. The van der Waals surface area contributed by atoms with Gasteiger partial charge >= 0.3 is 0 Å². The van der Waals surface area contributed by atoms with Crippen LogP contribution in [0.3, 0.4) is 0 Å². The van der Waals surface area contributed by atoms with Gasteiger partial charge in [0, 0.05) is 12.2 Å². The van der Waals surface area contributed by atoms with E-state index in [1.54, 1.807) is 18.2 Å². The van der Waals surface area contributed by atoms with Crippen molar-refractivity contribution < 1.29 is 4.79 Å². The standard InChI is InChI=1S/C17H16Cl2N2O/c1-11(21-10-9-12-5-2-3-8-15(12)21)17(22)20-14-7-4-6-13(18)16(14)19/h2-8,11H,9-10H2,1H3,(H,20,22)/t11-/m1/s1. The van der Waals surface area contributed by atoms with Gasteiger partial charge in [0.1, 0.15) is 6.04 Å². The van der Waals surface area contributed by atoms with Crippen LogP contribution in [0.5, 0.6) is 0 Å². The van der Waals surface area contributed by atoms with Gasteiger partial charge in [-0.1, -0.05) is 47.5 Å². The zero-order valence-electron chi connectivity index (χ0n) is 12.1. The fourth-order valence-electron chi connectivity index (χ4n) is 2.75. The van der Waals surface area contributed by atoms with Gasteiger partial charge in [-0.25, -0.2) is 0 Å². The number of halogens is 2. The molecule has 0 saturated heterocycles. The number of fused-ring (bicyclic) bond motifs is 1. The molecule has 0 bridgehead atoms. The molecule has 3 nitrogen and oxygen atoms in total. The van der Waals surface area contributed by atoms with Crippen LogP contribution in [0, 0.1) is 0 Å². The SMILES string of the molecule is C[C@H](C(=O)Nc1cccc(Cl)c1Cl)N1CCc2ccccc21. The van der Waals surface area contributed by atoms with Crippen LogP contribution in [0.15, 0.2) is 42.5 Å². The van der Waals surface area contributed by atoms with E-state index in [1.165, 1.54) is 5.56 Å². The molecule has 0 aromatic heterocycles. The number of rotatable bonds is 3. The number of hydrogen-bond donors (Lipinski definition) is 1. The molecule has 22 heavy (non-hydrogen) atoms. The van der Waals surface area contributed by atoms with E-state index in [2.05, 4.69) is 22.3 Å². The van der Waals surface area contributed by atoms with Crippen molar-refractivity contribution in [1.82, 2.24) is 0 Å². The molecule has 1 aliphatic heterocycles. The normalized spacial score (nSPS) is 14.6. The lowest BCUT2D eigenvalue weighted by atomic mass is 10.1. The second kappa shape index (κ2) is 6.19. The molecule has 1 amide bonds. The Morgan fingerprint density at radius 3 is 2.77 bits per heavy atom. The lowest BCUT2D eigenvalue weighted by Crippen LogP contribution is -2.41. The molecule has 5 heteroatoms. The largest absolute Gasteiger partial charge is 0.359 e. The van der Waals surface area contributed by atoms with Gasteiger partial charge in [0.05, 0.1) is 15.7 Å². The molecular weight excluding hydrogens is 319 g/mol. The topological polar surface area (TPSA) is 32.3 Å². The van der Waals surface area contributed by atoms with Gasteiger partial charge in [-0.15, -0.1) is 0 Å². The molecule has 0 unspecified atom stereocenters. The number of nitrogens with zero attached hydrogens (tertiary/aromatic N) is 1. The Labute approximate surface area is 139 Å². The number of carbonyl (C=O) groups is 1. The molecule has 1 atom stereocenters. The average molecular weight is 335 g/mol.